The van der Waals surface area contributed by atoms with Crippen LogP contribution in [0, 0.1) is 0 Å². The molecule has 96 heavy (non-hydrogen) atoms. The SMILES string of the molecule is C=CC(=O)OC1CC(C)(C)N(C)C(C)(C)C1.CC[Si](OC)(OC)OC.CC[Si](OC)(OC)OC.CC[Si](OC)(OC)OC.CC[Si](OC)(OC)OC.CO[Si](CCCN)(OC)OC.CO[Si](CCCNCCC(=O)OC1CC(C)(C)N(C)C(C)(C)C1)(OC)OC.O=[Si]=O.O=[Si]=O. The summed E-state index contributed by atoms with van der Waals surface area (Å²) in [6.45, 7) is 31.0. The number of rotatable bonds is 35. The average molecular weight is 1530 g/mol. The first-order valence-corrected chi connectivity index (χ1v) is 44.8. The van der Waals surface area contributed by atoms with Crippen molar-refractivity contribution in [2.45, 2.75) is 199 Å². The van der Waals surface area contributed by atoms with Crippen LogP contribution >= 0.6 is 0 Å². The molecule has 0 amide bonds. The maximum atomic E-state index is 12.2. The van der Waals surface area contributed by atoms with E-state index in [9.17, 15) is 9.59 Å². The highest BCUT2D eigenvalue weighted by atomic mass is 28.4. The number of esters is 2. The Kier molecular flexibility index (Phi) is 66.6. The molecule has 2 saturated heterocycles. The minimum absolute atomic E-state index is 0.00769. The number of hydrogen-bond acceptors (Lipinski definition) is 30. The van der Waals surface area contributed by atoms with Crippen LogP contribution in [0.15, 0.2) is 12.7 Å². The second-order valence-corrected chi connectivity index (χ2v) is 43.1. The van der Waals surface area contributed by atoms with E-state index in [4.69, 9.17) is 113 Å². The van der Waals surface area contributed by atoms with Crippen LogP contribution < -0.4 is 11.1 Å². The summed E-state index contributed by atoms with van der Waals surface area (Å²) in [6.07, 6.45) is 6.80. The number of nitrogens with zero attached hydrogens (tertiary/aromatic N) is 2. The number of hydrogen-bond donors (Lipinski definition) is 2. The molecule has 2 aliphatic rings. The van der Waals surface area contributed by atoms with Gasteiger partial charge in [0.25, 0.3) is 0 Å². The third kappa shape index (κ3) is 43.6. The summed E-state index contributed by atoms with van der Waals surface area (Å²) in [7, 11) is 16.9. The molecule has 0 unspecified atom stereocenters. The van der Waals surface area contributed by atoms with E-state index < -0.39 is 71.4 Å². The van der Waals surface area contributed by atoms with Gasteiger partial charge in [-0.05, 0) is 95.4 Å². The van der Waals surface area contributed by atoms with Gasteiger partial charge >= 0.3 is 83.4 Å². The number of piperidine rings is 2. The van der Waals surface area contributed by atoms with Crippen LogP contribution in [-0.2, 0) is 117 Å². The van der Waals surface area contributed by atoms with Gasteiger partial charge in [-0.2, -0.15) is 0 Å². The fourth-order valence-electron chi connectivity index (χ4n) is 10.1. The number of carbonyl (C=O) groups is 2. The Labute approximate surface area is 590 Å². The molecule has 38 heteroatoms. The van der Waals surface area contributed by atoms with Crippen molar-refractivity contribution in [2.75, 3.05) is 162 Å². The van der Waals surface area contributed by atoms with E-state index in [1.165, 1.54) is 6.08 Å². The van der Waals surface area contributed by atoms with Crippen LogP contribution in [0.2, 0.25) is 36.3 Å². The van der Waals surface area contributed by atoms with Gasteiger partial charge in [-0.25, -0.2) is 4.79 Å². The standard InChI is InChI=1S/C19H40N2O5Si.C13H23NO2.C6H17NO3Si.4C5H14O3Si.2O2Si/c1-18(2)14-16(15-19(3,4)21(18)5)26-17(22)10-12-20-11-9-13-27(23-6,24-7)25-8;1-7-11(15)16-10-8-12(2,3)14(6)13(4,5)9-10;1-8-11(9-2,10-3)6-4-5-7;4*1-5-9(6-2,7-3)8-4;2*1-3-2/h16,20H,9-15H2,1-8H3;7,10H,1,8-9H2,2-6H3;4-7H2,1-3H3;4*5H2,1-4H3;;. The van der Waals surface area contributed by atoms with Crippen molar-refractivity contribution in [1.82, 2.24) is 15.1 Å². The number of carbonyl (C=O) groups excluding carboxylic acids is 2. The molecule has 0 bridgehead atoms. The molecule has 2 fully saturated rings. The summed E-state index contributed by atoms with van der Waals surface area (Å²) in [5, 5.41) is 3.28. The maximum absolute atomic E-state index is 12.2. The molecule has 0 aromatic rings. The third-order valence-electron chi connectivity index (χ3n) is 16.6. The summed E-state index contributed by atoms with van der Waals surface area (Å²) in [4.78, 5) is 28.2. The lowest BCUT2D eigenvalue weighted by Crippen LogP contribution is -2.60. The van der Waals surface area contributed by atoms with E-state index in [1.54, 1.807) is 128 Å². The lowest BCUT2D eigenvalue weighted by molar-refractivity contribution is -0.159. The van der Waals surface area contributed by atoms with Crippen LogP contribution in [0.4, 0.5) is 0 Å². The smallest absolute Gasteiger partial charge is 0.462 e. The molecule has 2 heterocycles. The average Bonchev–Trinajstić information content (AvgIpc) is 1.10. The molecule has 2 aliphatic heterocycles. The Hall–Kier alpha value is -1.26. The van der Waals surface area contributed by atoms with Crippen molar-refractivity contribution in [3.8, 4) is 0 Å². The van der Waals surface area contributed by atoms with Crippen LogP contribution in [0.3, 0.4) is 0 Å². The summed E-state index contributed by atoms with van der Waals surface area (Å²) in [5.41, 5.74) is 5.49. The Bertz CT molecular complexity index is 1770. The van der Waals surface area contributed by atoms with Gasteiger partial charge in [-0.1, -0.05) is 34.3 Å². The number of ether oxygens (including phenoxy) is 2. The molecular formula is C58H136N4O26Si8. The highest BCUT2D eigenvalue weighted by molar-refractivity contribution is 6.62. The van der Waals surface area contributed by atoms with Crippen LogP contribution in [0.1, 0.15) is 128 Å². The van der Waals surface area contributed by atoms with Crippen molar-refractivity contribution >= 4 is 83.4 Å². The van der Waals surface area contributed by atoms with Crippen molar-refractivity contribution in [2.24, 2.45) is 5.73 Å². The molecule has 576 valence electrons. The van der Waals surface area contributed by atoms with Gasteiger partial charge in [0.05, 0.1) is 6.42 Å². The molecule has 0 aromatic heterocycles. The number of nitrogens with two attached hydrogens (primary N) is 1. The first-order valence-electron chi connectivity index (χ1n) is 31.6. The molecule has 0 aliphatic carbocycles. The zero-order chi connectivity index (χ0) is 76.7. The third-order valence-corrected chi connectivity index (χ3v) is 33.2. The van der Waals surface area contributed by atoms with Gasteiger partial charge in [0.2, 0.25) is 0 Å². The number of likely N-dealkylation sites (tertiary alicyclic amines) is 2. The highest BCUT2D eigenvalue weighted by Crippen LogP contribution is 2.39. The first-order chi connectivity index (χ1) is 44.7. The van der Waals surface area contributed by atoms with Crippen LogP contribution in [0.5, 0.6) is 0 Å². The monoisotopic (exact) mass is 1530 g/mol. The normalized spacial score (nSPS) is 16.0. The molecule has 0 saturated carbocycles. The minimum Gasteiger partial charge on any atom is -0.462 e. The number of nitrogens with one attached hydrogen (secondary N) is 1. The highest BCUT2D eigenvalue weighted by Gasteiger charge is 2.46. The second kappa shape index (κ2) is 59.2. The van der Waals surface area contributed by atoms with E-state index in [1.807, 2.05) is 27.7 Å². The van der Waals surface area contributed by atoms with E-state index >= 15 is 0 Å². The Morgan fingerprint density at radius 1 is 0.427 bits per heavy atom. The van der Waals surface area contributed by atoms with Crippen molar-refractivity contribution in [3.05, 3.63) is 12.7 Å². The predicted octanol–water partition coefficient (Wildman–Crippen LogP) is 7.31. The summed E-state index contributed by atoms with van der Waals surface area (Å²) >= 11 is 0. The van der Waals surface area contributed by atoms with E-state index in [-0.39, 0.29) is 46.3 Å². The zero-order valence-corrected chi connectivity index (χ0v) is 73.3. The molecule has 3 N–H and O–H groups in total. The molecule has 0 aromatic carbocycles. The molecular weight excluding hydrogens is 1390 g/mol. The first kappa shape index (κ1) is 108. The van der Waals surface area contributed by atoms with Gasteiger partial charge in [0.1, 0.15) is 12.2 Å². The summed E-state index contributed by atoms with van der Waals surface area (Å²) < 4.78 is 137. The molecule has 0 spiro atoms. The van der Waals surface area contributed by atoms with Gasteiger partial charge in [-0.15, -0.1) is 0 Å². The zero-order valence-electron chi connectivity index (χ0n) is 65.3. The minimum atomic E-state index is -2.50. The van der Waals surface area contributed by atoms with Gasteiger partial charge in [0, 0.05) is 225 Å². The second-order valence-electron chi connectivity index (χ2n) is 23.4. The van der Waals surface area contributed by atoms with Gasteiger partial charge in [0.15, 0.2) is 0 Å². The Morgan fingerprint density at radius 2 is 0.646 bits per heavy atom. The molecule has 2 rings (SSSR count). The fourth-order valence-corrected chi connectivity index (χ4v) is 19.0. The lowest BCUT2D eigenvalue weighted by atomic mass is 9.79. The van der Waals surface area contributed by atoms with Crippen molar-refractivity contribution < 1.29 is 117 Å². The molecule has 0 atom stereocenters. The largest absolute Gasteiger partial charge is 0.549 e. The fraction of sp³-hybridized carbons (Fsp3) is 0.931. The van der Waals surface area contributed by atoms with Gasteiger partial charge < -0.3 is 100 Å². The predicted molar refractivity (Wildman–Crippen MR) is 383 cm³/mol. The summed E-state index contributed by atoms with van der Waals surface area (Å²) in [6, 6.07) is 4.79. The van der Waals surface area contributed by atoms with Gasteiger partial charge in [-0.3, -0.25) is 32.4 Å². The van der Waals surface area contributed by atoms with E-state index in [0.717, 1.165) is 81.3 Å². The Balaban J connectivity index is -0.000000199. The maximum Gasteiger partial charge on any atom is 0.549 e. The lowest BCUT2D eigenvalue weighted by Gasteiger charge is -2.53. The summed E-state index contributed by atoms with van der Waals surface area (Å²) in [5.74, 6) is -0.445. The van der Waals surface area contributed by atoms with E-state index in [2.05, 4.69) is 91.2 Å². The van der Waals surface area contributed by atoms with Crippen LogP contribution in [0.25, 0.3) is 0 Å². The quantitative estimate of drug-likeness (QED) is 0.0272. The van der Waals surface area contributed by atoms with E-state index in [0.29, 0.717) is 19.5 Å². The molecule has 0 radical (unpaired) electrons. The van der Waals surface area contributed by atoms with Crippen LogP contribution in [-0.4, -0.2) is 289 Å². The van der Waals surface area contributed by atoms with Crippen molar-refractivity contribution in [3.63, 3.8) is 0 Å². The molecule has 30 nitrogen and oxygen atoms in total. The topological polar surface area (TPSA) is 332 Å². The van der Waals surface area contributed by atoms with Crippen molar-refractivity contribution in [1.29, 1.82) is 0 Å². The Morgan fingerprint density at radius 3 is 0.833 bits per heavy atom.